The summed E-state index contributed by atoms with van der Waals surface area (Å²) in [4.78, 5) is 14.1. The summed E-state index contributed by atoms with van der Waals surface area (Å²) in [6, 6.07) is 8.25. The molecule has 1 heterocycles. The third-order valence-electron chi connectivity index (χ3n) is 4.89. The fraction of sp³-hybridized carbons (Fsp3) is 0.350. The molecule has 0 aliphatic carbocycles. The van der Waals surface area contributed by atoms with Crippen molar-refractivity contribution in [1.82, 2.24) is 9.62 Å². The Bertz CT molecular complexity index is 1040. The molecule has 0 radical (unpaired) electrons. The van der Waals surface area contributed by atoms with E-state index in [4.69, 9.17) is 32.7 Å². The number of halogens is 2. The summed E-state index contributed by atoms with van der Waals surface area (Å²) in [5.41, 5.74) is 2.08. The highest BCUT2D eigenvalue weighted by atomic mass is 35.5. The lowest BCUT2D eigenvalue weighted by Crippen LogP contribution is -2.38. The van der Waals surface area contributed by atoms with Gasteiger partial charge in [-0.05, 0) is 41.8 Å². The molecule has 162 valence electrons. The highest BCUT2D eigenvalue weighted by Gasteiger charge is 2.24. The average Bonchev–Trinajstić information content (AvgIpc) is 2.71. The maximum absolute atomic E-state index is 12.6. The van der Waals surface area contributed by atoms with E-state index in [2.05, 4.69) is 4.72 Å². The Morgan fingerprint density at radius 2 is 1.70 bits per heavy atom. The van der Waals surface area contributed by atoms with Gasteiger partial charge >= 0.3 is 0 Å². The molecule has 3 rings (SSSR count). The smallest absolute Gasteiger partial charge is 0.243 e. The minimum atomic E-state index is -3.93. The third-order valence-corrected chi connectivity index (χ3v) is 7.30. The number of ether oxygens (including phenoxy) is 2. The van der Waals surface area contributed by atoms with E-state index < -0.39 is 10.0 Å². The van der Waals surface area contributed by atoms with E-state index >= 15 is 0 Å². The predicted molar refractivity (Wildman–Crippen MR) is 115 cm³/mol. The first-order valence-electron chi connectivity index (χ1n) is 9.22. The van der Waals surface area contributed by atoms with Crippen LogP contribution in [0.2, 0.25) is 10.0 Å². The van der Waals surface area contributed by atoms with E-state index in [0.717, 1.165) is 11.1 Å². The first-order chi connectivity index (χ1) is 14.3. The lowest BCUT2D eigenvalue weighted by atomic mass is 9.98. The molecule has 0 bridgehead atoms. The first-order valence-corrected chi connectivity index (χ1v) is 11.5. The number of carbonyl (C=O) groups is 1. The van der Waals surface area contributed by atoms with Crippen molar-refractivity contribution < 1.29 is 22.7 Å². The van der Waals surface area contributed by atoms with Crippen LogP contribution in [-0.4, -0.2) is 46.5 Å². The summed E-state index contributed by atoms with van der Waals surface area (Å²) in [5.74, 6) is 1.11. The van der Waals surface area contributed by atoms with Gasteiger partial charge in [0.2, 0.25) is 15.9 Å². The highest BCUT2D eigenvalue weighted by molar-refractivity contribution is 7.89. The first kappa shape index (κ1) is 22.7. The van der Waals surface area contributed by atoms with Gasteiger partial charge in [-0.15, -0.1) is 0 Å². The van der Waals surface area contributed by atoms with Crippen molar-refractivity contribution in [3.05, 3.63) is 51.5 Å². The number of fused-ring (bicyclic) bond motifs is 1. The van der Waals surface area contributed by atoms with E-state index in [-0.39, 0.29) is 33.8 Å². The topological polar surface area (TPSA) is 84.9 Å². The molecule has 0 saturated heterocycles. The summed E-state index contributed by atoms with van der Waals surface area (Å²) in [6.45, 7) is 0.917. The van der Waals surface area contributed by atoms with Gasteiger partial charge in [-0.1, -0.05) is 29.3 Å². The van der Waals surface area contributed by atoms with Crippen LogP contribution in [0.5, 0.6) is 11.5 Å². The number of carbonyl (C=O) groups excluding carboxylic acids is 1. The van der Waals surface area contributed by atoms with Crippen LogP contribution in [0.15, 0.2) is 35.2 Å². The fourth-order valence-corrected chi connectivity index (χ4v) is 5.53. The molecule has 2 aromatic carbocycles. The van der Waals surface area contributed by atoms with Crippen LogP contribution in [0.4, 0.5) is 0 Å². The van der Waals surface area contributed by atoms with Crippen molar-refractivity contribution in [2.75, 3.05) is 27.3 Å². The van der Waals surface area contributed by atoms with Gasteiger partial charge in [0.1, 0.15) is 4.90 Å². The van der Waals surface area contributed by atoms with Crippen molar-refractivity contribution in [2.24, 2.45) is 0 Å². The van der Waals surface area contributed by atoms with E-state index in [1.807, 2.05) is 12.1 Å². The molecule has 1 aliphatic rings. The summed E-state index contributed by atoms with van der Waals surface area (Å²) in [6.07, 6.45) is 0.701. The Kier molecular flexibility index (Phi) is 7.13. The molecule has 0 unspecified atom stereocenters. The van der Waals surface area contributed by atoms with E-state index in [1.54, 1.807) is 25.2 Å². The second kappa shape index (κ2) is 9.43. The van der Waals surface area contributed by atoms with Gasteiger partial charge in [0.25, 0.3) is 0 Å². The van der Waals surface area contributed by atoms with Crippen LogP contribution in [-0.2, 0) is 27.8 Å². The van der Waals surface area contributed by atoms with E-state index in [0.29, 0.717) is 31.0 Å². The number of methoxy groups -OCH3 is 2. The molecule has 30 heavy (non-hydrogen) atoms. The van der Waals surface area contributed by atoms with Gasteiger partial charge in [-0.25, -0.2) is 13.1 Å². The lowest BCUT2D eigenvalue weighted by Gasteiger charge is -2.29. The minimum Gasteiger partial charge on any atom is -0.493 e. The molecule has 0 atom stereocenters. The van der Waals surface area contributed by atoms with Crippen LogP contribution in [0.25, 0.3) is 0 Å². The molecule has 1 N–H and O–H groups in total. The number of sulfonamides is 1. The highest BCUT2D eigenvalue weighted by Crippen LogP contribution is 2.33. The Morgan fingerprint density at radius 1 is 1.10 bits per heavy atom. The number of amides is 1. The number of hydrogen-bond acceptors (Lipinski definition) is 5. The second-order valence-corrected chi connectivity index (χ2v) is 9.26. The second-order valence-electron chi connectivity index (χ2n) is 6.74. The minimum absolute atomic E-state index is 0.0178. The summed E-state index contributed by atoms with van der Waals surface area (Å²) in [7, 11) is -0.782. The summed E-state index contributed by atoms with van der Waals surface area (Å²) >= 11 is 11.9. The molecule has 7 nitrogen and oxygen atoms in total. The molecule has 0 spiro atoms. The lowest BCUT2D eigenvalue weighted by molar-refractivity contribution is -0.131. The van der Waals surface area contributed by atoms with Crippen LogP contribution >= 0.6 is 23.2 Å². The standard InChI is InChI=1S/C20H22Cl2N2O5S/c1-28-17-10-13-7-9-24(12-14(13)11-18(17)29-2)19(25)6-8-23-30(26,27)20-15(21)4-3-5-16(20)22/h3-5,10-11,23H,6-9,12H2,1-2H3. The van der Waals surface area contributed by atoms with Crippen LogP contribution in [0.1, 0.15) is 17.5 Å². The average molecular weight is 473 g/mol. The Labute approximate surface area is 185 Å². The quantitative estimate of drug-likeness (QED) is 0.668. The van der Waals surface area contributed by atoms with E-state index in [9.17, 15) is 13.2 Å². The molecule has 1 aliphatic heterocycles. The number of nitrogens with one attached hydrogen (secondary N) is 1. The molecule has 0 fully saturated rings. The number of benzene rings is 2. The number of rotatable bonds is 7. The predicted octanol–water partition coefficient (Wildman–Crippen LogP) is 3.26. The monoisotopic (exact) mass is 472 g/mol. The molecule has 10 heteroatoms. The Hall–Kier alpha value is -2.00. The van der Waals surface area contributed by atoms with Crippen molar-refractivity contribution in [2.45, 2.75) is 24.3 Å². The van der Waals surface area contributed by atoms with Crippen LogP contribution in [0, 0.1) is 0 Å². The van der Waals surface area contributed by atoms with Crippen molar-refractivity contribution in [1.29, 1.82) is 0 Å². The van der Waals surface area contributed by atoms with Gasteiger partial charge < -0.3 is 14.4 Å². The van der Waals surface area contributed by atoms with Gasteiger partial charge in [0.05, 0.1) is 24.3 Å². The fourth-order valence-electron chi connectivity index (χ4n) is 3.36. The molecule has 2 aromatic rings. The van der Waals surface area contributed by atoms with Crippen molar-refractivity contribution in [3.63, 3.8) is 0 Å². The molecular formula is C20H22Cl2N2O5S. The maximum atomic E-state index is 12.6. The Morgan fingerprint density at radius 3 is 2.30 bits per heavy atom. The molecule has 0 aromatic heterocycles. The SMILES string of the molecule is COc1cc2c(cc1OC)CN(C(=O)CCNS(=O)(=O)c1c(Cl)cccc1Cl)CC2. The normalized spacial score (nSPS) is 13.7. The van der Waals surface area contributed by atoms with Gasteiger partial charge in [0, 0.05) is 26.1 Å². The molecular weight excluding hydrogens is 451 g/mol. The Balaban J connectivity index is 1.62. The zero-order chi connectivity index (χ0) is 21.9. The maximum Gasteiger partial charge on any atom is 0.243 e. The molecule has 0 saturated carbocycles. The summed E-state index contributed by atoms with van der Waals surface area (Å²) in [5, 5.41) is 0.0525. The van der Waals surface area contributed by atoms with Crippen LogP contribution in [0.3, 0.4) is 0 Å². The van der Waals surface area contributed by atoms with Crippen LogP contribution < -0.4 is 14.2 Å². The van der Waals surface area contributed by atoms with Gasteiger partial charge in [-0.2, -0.15) is 0 Å². The zero-order valence-electron chi connectivity index (χ0n) is 16.6. The third kappa shape index (κ3) is 4.83. The van der Waals surface area contributed by atoms with E-state index in [1.165, 1.54) is 12.1 Å². The van der Waals surface area contributed by atoms with Crippen molar-refractivity contribution in [3.8, 4) is 11.5 Å². The molecule has 1 amide bonds. The van der Waals surface area contributed by atoms with Gasteiger partial charge in [-0.3, -0.25) is 4.79 Å². The van der Waals surface area contributed by atoms with Gasteiger partial charge in [0.15, 0.2) is 11.5 Å². The number of hydrogen-bond donors (Lipinski definition) is 1. The largest absolute Gasteiger partial charge is 0.493 e. The summed E-state index contributed by atoms with van der Waals surface area (Å²) < 4.78 is 38.1. The van der Waals surface area contributed by atoms with Crippen molar-refractivity contribution >= 4 is 39.1 Å². The zero-order valence-corrected chi connectivity index (χ0v) is 18.9. The number of nitrogens with zero attached hydrogens (tertiary/aromatic N) is 1.